The Morgan fingerprint density at radius 2 is 1.90 bits per heavy atom. The maximum atomic E-state index is 11.6. The van der Waals surface area contributed by atoms with Crippen molar-refractivity contribution in [3.63, 3.8) is 0 Å². The standard InChI is InChI=1S/C11H20N2O6S/c1-3-18-10(14)8(2)19-11(15)13-20(16,17)12-9-6-4-5-7-9/h8-9,12H,3-7H2,1-2H3,(H,13,15)/t8-/m0/s1. The van der Waals surface area contributed by atoms with Gasteiger partial charge in [-0.15, -0.1) is 0 Å². The molecule has 1 amide bonds. The number of carbonyl (C=O) groups is 2. The lowest BCUT2D eigenvalue weighted by Crippen LogP contribution is -2.45. The monoisotopic (exact) mass is 308 g/mol. The second-order valence-electron chi connectivity index (χ2n) is 4.50. The van der Waals surface area contributed by atoms with Gasteiger partial charge in [-0.05, 0) is 26.7 Å². The SMILES string of the molecule is CCOC(=O)[C@H](C)OC(=O)NS(=O)(=O)NC1CCCC1. The molecule has 0 bridgehead atoms. The molecule has 0 heterocycles. The maximum absolute atomic E-state index is 11.6. The van der Waals surface area contributed by atoms with Gasteiger partial charge in [0.2, 0.25) is 0 Å². The summed E-state index contributed by atoms with van der Waals surface area (Å²) in [6, 6.07) is -0.164. The molecule has 0 saturated heterocycles. The quantitative estimate of drug-likeness (QED) is 0.689. The number of nitrogens with one attached hydrogen (secondary N) is 2. The molecule has 116 valence electrons. The summed E-state index contributed by atoms with van der Waals surface area (Å²) in [5.41, 5.74) is 0. The Balaban J connectivity index is 2.42. The van der Waals surface area contributed by atoms with Gasteiger partial charge in [-0.2, -0.15) is 13.1 Å². The molecule has 0 aromatic rings. The summed E-state index contributed by atoms with van der Waals surface area (Å²) in [5.74, 6) is -0.733. The van der Waals surface area contributed by atoms with Crippen LogP contribution in [-0.4, -0.2) is 39.2 Å². The Morgan fingerprint density at radius 1 is 1.30 bits per heavy atom. The summed E-state index contributed by atoms with van der Waals surface area (Å²) >= 11 is 0. The van der Waals surface area contributed by atoms with E-state index < -0.39 is 28.4 Å². The molecule has 0 unspecified atom stereocenters. The molecule has 8 nitrogen and oxygen atoms in total. The molecule has 0 aromatic carbocycles. The van der Waals surface area contributed by atoms with Crippen LogP contribution < -0.4 is 9.44 Å². The van der Waals surface area contributed by atoms with Gasteiger partial charge in [-0.1, -0.05) is 12.8 Å². The molecule has 1 fully saturated rings. The molecular formula is C11H20N2O6S. The summed E-state index contributed by atoms with van der Waals surface area (Å²) in [6.07, 6.45) is 1.02. The van der Waals surface area contributed by atoms with E-state index in [0.29, 0.717) is 0 Å². The number of amides is 1. The second-order valence-corrected chi connectivity index (χ2v) is 5.95. The lowest BCUT2D eigenvalue weighted by atomic mass is 10.3. The maximum Gasteiger partial charge on any atom is 0.422 e. The fourth-order valence-electron chi connectivity index (χ4n) is 1.89. The fraction of sp³-hybridized carbons (Fsp3) is 0.818. The molecule has 0 radical (unpaired) electrons. The smallest absolute Gasteiger partial charge is 0.422 e. The van der Waals surface area contributed by atoms with E-state index in [1.54, 1.807) is 11.6 Å². The predicted molar refractivity (Wildman–Crippen MR) is 70.0 cm³/mol. The van der Waals surface area contributed by atoms with Crippen LogP contribution in [0, 0.1) is 0 Å². The molecule has 1 aliphatic carbocycles. The van der Waals surface area contributed by atoms with Crippen molar-refractivity contribution in [3.05, 3.63) is 0 Å². The molecular weight excluding hydrogens is 288 g/mol. The summed E-state index contributed by atoms with van der Waals surface area (Å²) in [4.78, 5) is 22.6. The van der Waals surface area contributed by atoms with E-state index in [-0.39, 0.29) is 12.6 Å². The third kappa shape index (κ3) is 5.74. The lowest BCUT2D eigenvalue weighted by Gasteiger charge is -2.15. The van der Waals surface area contributed by atoms with E-state index in [9.17, 15) is 18.0 Å². The van der Waals surface area contributed by atoms with Crippen molar-refractivity contribution in [1.29, 1.82) is 0 Å². The first kappa shape index (κ1) is 16.7. The lowest BCUT2D eigenvalue weighted by molar-refractivity contribution is -0.152. The molecule has 9 heteroatoms. The van der Waals surface area contributed by atoms with Crippen molar-refractivity contribution < 1.29 is 27.5 Å². The van der Waals surface area contributed by atoms with Gasteiger partial charge in [0.15, 0.2) is 6.10 Å². The highest BCUT2D eigenvalue weighted by Crippen LogP contribution is 2.18. The van der Waals surface area contributed by atoms with Crippen molar-refractivity contribution in [2.24, 2.45) is 0 Å². The molecule has 2 N–H and O–H groups in total. The summed E-state index contributed by atoms with van der Waals surface area (Å²) in [6.45, 7) is 3.06. The zero-order chi connectivity index (χ0) is 15.2. The molecule has 1 rings (SSSR count). The first-order valence-electron chi connectivity index (χ1n) is 6.51. The van der Waals surface area contributed by atoms with Crippen molar-refractivity contribution in [1.82, 2.24) is 9.44 Å². The Hall–Kier alpha value is -1.35. The number of ether oxygens (including phenoxy) is 2. The highest BCUT2D eigenvalue weighted by atomic mass is 32.2. The minimum atomic E-state index is -3.97. The van der Waals surface area contributed by atoms with Crippen molar-refractivity contribution in [3.8, 4) is 0 Å². The summed E-state index contributed by atoms with van der Waals surface area (Å²) in [5, 5.41) is 0. The van der Waals surface area contributed by atoms with Gasteiger partial charge in [-0.3, -0.25) is 0 Å². The Bertz CT molecular complexity index is 444. The number of rotatable bonds is 6. The van der Waals surface area contributed by atoms with Gasteiger partial charge >= 0.3 is 22.3 Å². The van der Waals surface area contributed by atoms with Crippen molar-refractivity contribution >= 4 is 22.3 Å². The molecule has 0 aromatic heterocycles. The van der Waals surface area contributed by atoms with Crippen LogP contribution in [0.15, 0.2) is 0 Å². The van der Waals surface area contributed by atoms with Crippen LogP contribution in [0.5, 0.6) is 0 Å². The number of carbonyl (C=O) groups excluding carboxylic acids is 2. The first-order chi connectivity index (χ1) is 9.34. The highest BCUT2D eigenvalue weighted by Gasteiger charge is 2.25. The van der Waals surface area contributed by atoms with E-state index in [0.717, 1.165) is 25.7 Å². The third-order valence-electron chi connectivity index (χ3n) is 2.80. The summed E-state index contributed by atoms with van der Waals surface area (Å²) in [7, 11) is -3.97. The van der Waals surface area contributed by atoms with Crippen molar-refractivity contribution in [2.45, 2.75) is 51.7 Å². The molecule has 1 aliphatic rings. The number of hydrogen-bond donors (Lipinski definition) is 2. The van der Waals surface area contributed by atoms with Crippen molar-refractivity contribution in [2.75, 3.05) is 6.61 Å². The average Bonchev–Trinajstić information content (AvgIpc) is 2.79. The van der Waals surface area contributed by atoms with E-state index in [4.69, 9.17) is 0 Å². The predicted octanol–water partition coefficient (Wildman–Crippen LogP) is 0.441. The Kier molecular flexibility index (Phi) is 6.21. The second kappa shape index (κ2) is 7.44. The number of hydrogen-bond acceptors (Lipinski definition) is 6. The van der Waals surface area contributed by atoms with E-state index in [1.165, 1.54) is 6.92 Å². The molecule has 0 aliphatic heterocycles. The van der Waals surface area contributed by atoms with Gasteiger partial charge in [0.25, 0.3) is 0 Å². The average molecular weight is 308 g/mol. The largest absolute Gasteiger partial charge is 0.463 e. The van der Waals surface area contributed by atoms with Crippen LogP contribution in [0.3, 0.4) is 0 Å². The van der Waals surface area contributed by atoms with Gasteiger partial charge in [0, 0.05) is 6.04 Å². The van der Waals surface area contributed by atoms with Gasteiger partial charge < -0.3 is 9.47 Å². The van der Waals surface area contributed by atoms with Crippen LogP contribution in [0.25, 0.3) is 0 Å². The van der Waals surface area contributed by atoms with E-state index >= 15 is 0 Å². The van der Waals surface area contributed by atoms with Gasteiger partial charge in [0.1, 0.15) is 0 Å². The minimum absolute atomic E-state index is 0.148. The Morgan fingerprint density at radius 3 is 2.45 bits per heavy atom. The third-order valence-corrected chi connectivity index (χ3v) is 3.88. The molecule has 20 heavy (non-hydrogen) atoms. The topological polar surface area (TPSA) is 111 Å². The van der Waals surface area contributed by atoms with Crippen LogP contribution in [0.1, 0.15) is 39.5 Å². The summed E-state index contributed by atoms with van der Waals surface area (Å²) < 4.78 is 36.6. The zero-order valence-corrected chi connectivity index (χ0v) is 12.4. The fourth-order valence-corrected chi connectivity index (χ4v) is 2.90. The molecule has 1 atom stereocenters. The molecule has 0 spiro atoms. The van der Waals surface area contributed by atoms with E-state index in [1.807, 2.05) is 0 Å². The normalized spacial score (nSPS) is 17.5. The van der Waals surface area contributed by atoms with Crippen LogP contribution in [-0.2, 0) is 24.5 Å². The molecule has 1 saturated carbocycles. The highest BCUT2D eigenvalue weighted by molar-refractivity contribution is 7.88. The van der Waals surface area contributed by atoms with Crippen LogP contribution >= 0.6 is 0 Å². The first-order valence-corrected chi connectivity index (χ1v) is 7.99. The zero-order valence-electron chi connectivity index (χ0n) is 11.5. The Labute approximate surface area is 118 Å². The minimum Gasteiger partial charge on any atom is -0.463 e. The van der Waals surface area contributed by atoms with Crippen LogP contribution in [0.2, 0.25) is 0 Å². The van der Waals surface area contributed by atoms with Gasteiger partial charge in [-0.25, -0.2) is 14.3 Å². The van der Waals surface area contributed by atoms with E-state index in [2.05, 4.69) is 14.2 Å². The van der Waals surface area contributed by atoms with Gasteiger partial charge in [0.05, 0.1) is 6.61 Å². The van der Waals surface area contributed by atoms with Crippen LogP contribution in [0.4, 0.5) is 4.79 Å². The number of esters is 1.